The number of fused-ring (bicyclic) bond motifs is 8. The molecule has 1 N–H and O–H groups in total. The Hall–Kier alpha value is -4.77. The van der Waals surface area contributed by atoms with Crippen molar-refractivity contribution >= 4 is 30.0 Å². The molecule has 4 rings (SSSR count). The monoisotopic (exact) mass is 852 g/mol. The van der Waals surface area contributed by atoms with Crippen LogP contribution in [0.25, 0.3) is 29.2 Å². The smallest absolute Gasteiger partial charge is 0.308 e. The van der Waals surface area contributed by atoms with Crippen LogP contribution in [0.5, 0.6) is 0 Å². The lowest BCUT2D eigenvalue weighted by Crippen LogP contribution is -2.35. The molecule has 0 spiro atoms. The van der Waals surface area contributed by atoms with Crippen molar-refractivity contribution < 1.29 is 56.5 Å². The van der Waals surface area contributed by atoms with Crippen LogP contribution in [0.4, 0.5) is 0 Å². The van der Waals surface area contributed by atoms with Crippen LogP contribution in [-0.2, 0) is 38.1 Å². The number of aromatic nitrogens is 3. The summed E-state index contributed by atoms with van der Waals surface area (Å²) >= 11 is 0. The fourth-order valence-corrected chi connectivity index (χ4v) is 7.66. The molecule has 0 saturated heterocycles. The van der Waals surface area contributed by atoms with Gasteiger partial charge < -0.3 is 42.2 Å². The fraction of sp³-hybridized carbons (Fsp3) is 0.622. The van der Waals surface area contributed by atoms with E-state index >= 15 is 0 Å². The van der Waals surface area contributed by atoms with Crippen LogP contribution in [0.1, 0.15) is 110 Å². The predicted molar refractivity (Wildman–Crippen MR) is 224 cm³/mol. The van der Waals surface area contributed by atoms with E-state index in [4.69, 9.17) is 32.2 Å². The summed E-state index contributed by atoms with van der Waals surface area (Å²) in [6.45, 7) is 9.58. The van der Waals surface area contributed by atoms with Crippen LogP contribution in [0.15, 0.2) is 50.4 Å². The number of amides is 1. The van der Waals surface area contributed by atoms with Crippen LogP contribution in [0.2, 0.25) is 0 Å². The summed E-state index contributed by atoms with van der Waals surface area (Å²) in [5.74, 6) is -1.10. The van der Waals surface area contributed by atoms with Gasteiger partial charge in [0.05, 0.1) is 24.7 Å². The second-order valence-corrected chi connectivity index (χ2v) is 16.3. The summed E-state index contributed by atoms with van der Waals surface area (Å²) in [7, 11) is 6.32. The van der Waals surface area contributed by atoms with Gasteiger partial charge in [-0.15, -0.1) is 0 Å². The summed E-state index contributed by atoms with van der Waals surface area (Å²) in [5, 5.41) is 10.9. The number of Topliss-reactive ketones (excluding diaryl/α,β-unsaturated/α-hetero) is 2. The number of hydrogen-bond acceptors (Lipinski definition) is 15. The van der Waals surface area contributed by atoms with Gasteiger partial charge in [-0.05, 0) is 50.0 Å². The Morgan fingerprint density at radius 2 is 1.69 bits per heavy atom. The number of carbonyl (C=O) groups excluding carboxylic acids is 4. The Balaban J connectivity index is 1.47. The van der Waals surface area contributed by atoms with Gasteiger partial charge in [0.15, 0.2) is 11.4 Å². The van der Waals surface area contributed by atoms with Gasteiger partial charge in [-0.2, -0.15) is 0 Å². The summed E-state index contributed by atoms with van der Waals surface area (Å²) in [6, 6.07) is 0. The van der Waals surface area contributed by atoms with Gasteiger partial charge in [-0.3, -0.25) is 19.2 Å². The summed E-state index contributed by atoms with van der Waals surface area (Å²) in [5.41, 5.74) is 1.12. The molecule has 16 heteroatoms. The molecule has 3 aromatic rings. The van der Waals surface area contributed by atoms with Crippen molar-refractivity contribution in [3.05, 3.63) is 48.7 Å². The Labute approximate surface area is 358 Å². The maximum atomic E-state index is 13.4. The molecule has 1 aliphatic rings. The van der Waals surface area contributed by atoms with Gasteiger partial charge in [0.1, 0.15) is 48.3 Å². The summed E-state index contributed by atoms with van der Waals surface area (Å²) in [4.78, 5) is 66.0. The molecule has 0 aromatic carbocycles. The van der Waals surface area contributed by atoms with Crippen molar-refractivity contribution in [2.45, 2.75) is 123 Å². The summed E-state index contributed by atoms with van der Waals surface area (Å²) < 4.78 is 40.4. The van der Waals surface area contributed by atoms with E-state index in [1.807, 2.05) is 39.8 Å². The van der Waals surface area contributed by atoms with E-state index in [1.54, 1.807) is 40.5 Å². The molecule has 0 saturated carbocycles. The number of aliphatic hydroxyl groups is 1. The molecule has 6 bridgehead atoms. The zero-order valence-electron chi connectivity index (χ0n) is 37.0. The fourth-order valence-electron chi connectivity index (χ4n) is 7.66. The van der Waals surface area contributed by atoms with Crippen molar-refractivity contribution in [3.8, 4) is 23.2 Å². The van der Waals surface area contributed by atoms with E-state index in [0.717, 1.165) is 0 Å². The van der Waals surface area contributed by atoms with Crippen LogP contribution in [0.3, 0.4) is 0 Å². The van der Waals surface area contributed by atoms with Crippen molar-refractivity contribution in [3.63, 3.8) is 0 Å². The molecule has 10 atom stereocenters. The molecule has 4 heterocycles. The zero-order chi connectivity index (χ0) is 44.6. The highest BCUT2D eigenvalue weighted by Gasteiger charge is 2.32. The first-order valence-electron chi connectivity index (χ1n) is 21.1. The van der Waals surface area contributed by atoms with Gasteiger partial charge >= 0.3 is 5.97 Å². The van der Waals surface area contributed by atoms with Crippen LogP contribution in [-0.4, -0.2) is 102 Å². The van der Waals surface area contributed by atoms with Crippen molar-refractivity contribution in [2.24, 2.45) is 29.6 Å². The molecular formula is C45H64N4O12. The van der Waals surface area contributed by atoms with E-state index < -0.39 is 30.2 Å². The van der Waals surface area contributed by atoms with Gasteiger partial charge in [-0.1, -0.05) is 46.8 Å². The van der Waals surface area contributed by atoms with Crippen LogP contribution < -0.4 is 0 Å². The Kier molecular flexibility index (Phi) is 19.3. The molecule has 1 aliphatic heterocycles. The Bertz CT molecular complexity index is 1900. The van der Waals surface area contributed by atoms with E-state index in [1.165, 1.54) is 30.8 Å². The highest BCUT2D eigenvalue weighted by Crippen LogP contribution is 2.32. The van der Waals surface area contributed by atoms with Crippen molar-refractivity contribution in [2.75, 3.05) is 28.4 Å². The number of hydrogen-bond donors (Lipinski definition) is 1. The van der Waals surface area contributed by atoms with Crippen LogP contribution >= 0.6 is 0 Å². The molecule has 0 aliphatic carbocycles. The minimum Gasteiger partial charge on any atom is -0.462 e. The third-order valence-electron chi connectivity index (χ3n) is 11.7. The highest BCUT2D eigenvalue weighted by atomic mass is 16.5. The lowest BCUT2D eigenvalue weighted by molar-refractivity contribution is -0.156. The Morgan fingerprint density at radius 1 is 0.984 bits per heavy atom. The first-order valence-corrected chi connectivity index (χ1v) is 21.1. The number of nitrogens with zero attached hydrogens (tertiary/aromatic N) is 4. The second-order valence-electron chi connectivity index (χ2n) is 16.3. The third-order valence-corrected chi connectivity index (χ3v) is 11.7. The highest BCUT2D eigenvalue weighted by molar-refractivity contribution is 5.81. The lowest BCUT2D eigenvalue weighted by Gasteiger charge is -2.31. The van der Waals surface area contributed by atoms with Gasteiger partial charge in [0.2, 0.25) is 24.1 Å². The van der Waals surface area contributed by atoms with E-state index in [0.29, 0.717) is 67.9 Å². The quantitative estimate of drug-likeness (QED) is 0.117. The topological polar surface area (TPSA) is 207 Å². The number of ether oxygens (including phenoxy) is 4. The number of rotatable bonds is 15. The number of cyclic esters (lactones) is 1. The average molecular weight is 853 g/mol. The van der Waals surface area contributed by atoms with E-state index in [2.05, 4.69) is 15.0 Å². The number of ketones is 2. The molecule has 0 fully saturated rings. The number of allylic oxidation sites excluding steroid dienone is 1. The van der Waals surface area contributed by atoms with Gasteiger partial charge in [0.25, 0.3) is 0 Å². The molecule has 16 nitrogen and oxygen atoms in total. The number of esters is 1. The largest absolute Gasteiger partial charge is 0.462 e. The number of oxazole rings is 3. The minimum absolute atomic E-state index is 0.0555. The predicted octanol–water partition coefficient (Wildman–Crippen LogP) is 7.43. The Morgan fingerprint density at radius 3 is 2.39 bits per heavy atom. The molecule has 10 unspecified atom stereocenters. The lowest BCUT2D eigenvalue weighted by atomic mass is 9.85. The van der Waals surface area contributed by atoms with Gasteiger partial charge in [0, 0.05) is 71.6 Å². The maximum absolute atomic E-state index is 13.4. The number of carbonyl (C=O) groups is 4. The molecular weight excluding hydrogens is 789 g/mol. The minimum atomic E-state index is -1.01. The SMILES string of the molecule is COC(CC1OC(=O)CC(O)CCCC(=O)C(C)C(OC)c2coc(n2)-c2coc(n2)-c2coc(n2)C=CCCC1C)C(C)CCC(=O)C(C)C(OC)C(C)C=CN(C)C=O. The first kappa shape index (κ1) is 48.9. The number of aliphatic hydroxyl groups excluding tert-OH is 1. The van der Waals surface area contributed by atoms with Crippen molar-refractivity contribution in [1.82, 2.24) is 19.9 Å². The first-order chi connectivity index (χ1) is 29.2. The zero-order valence-corrected chi connectivity index (χ0v) is 37.0. The average Bonchev–Trinajstić information content (AvgIpc) is 4.04. The standard InChI is InChI=1S/C45H64N4O12/c1-27-13-10-11-16-40-46-34(24-58-40)44-48-35(25-60-44)45-47-33(23-59-45)43(57-9)31(5)36(52)15-12-14-32(51)21-41(54)61-39(27)22-38(55-7)28(2)17-18-37(53)30(4)42(56-8)29(3)19-20-49(6)26-50/h11,16,19-20,23-32,38-39,42-43,51H,10,12-15,17-18,21-22H2,1-9H3. The molecule has 1 amide bonds. The maximum Gasteiger partial charge on any atom is 0.308 e. The normalized spacial score (nSPS) is 23.6. The second kappa shape index (κ2) is 24.0. The molecule has 3 aromatic heterocycles. The molecule has 336 valence electrons. The summed E-state index contributed by atoms with van der Waals surface area (Å²) in [6.07, 6.45) is 12.2. The van der Waals surface area contributed by atoms with Crippen LogP contribution in [0, 0.1) is 29.6 Å². The third kappa shape index (κ3) is 14.1. The molecule has 0 radical (unpaired) electrons. The van der Waals surface area contributed by atoms with E-state index in [-0.39, 0.29) is 78.5 Å². The van der Waals surface area contributed by atoms with Crippen molar-refractivity contribution in [1.29, 1.82) is 0 Å². The van der Waals surface area contributed by atoms with Gasteiger partial charge in [-0.25, -0.2) is 15.0 Å². The molecule has 61 heavy (non-hydrogen) atoms. The number of methoxy groups -OCH3 is 3. The van der Waals surface area contributed by atoms with E-state index in [9.17, 15) is 24.3 Å².